The van der Waals surface area contributed by atoms with Gasteiger partial charge in [0, 0.05) is 5.92 Å². The van der Waals surface area contributed by atoms with Gasteiger partial charge in [0.15, 0.2) is 0 Å². The molecule has 0 spiro atoms. The van der Waals surface area contributed by atoms with Crippen molar-refractivity contribution < 1.29 is 4.39 Å². The van der Waals surface area contributed by atoms with E-state index in [9.17, 15) is 4.39 Å². The van der Waals surface area contributed by atoms with Crippen molar-refractivity contribution in [3.05, 3.63) is 76.6 Å². The maximum atomic E-state index is 13.2. The Hall–Kier alpha value is -1.80. The van der Waals surface area contributed by atoms with E-state index in [1.165, 1.54) is 17.7 Å². The highest BCUT2D eigenvalue weighted by atomic mass is 35.5. The maximum absolute atomic E-state index is 13.2. The molecule has 0 saturated heterocycles. The molecule has 2 aliphatic rings. The molecule has 1 N–H and O–H groups in total. The van der Waals surface area contributed by atoms with Gasteiger partial charge in [-0.25, -0.2) is 4.39 Å². The first-order chi connectivity index (χ1) is 10.2. The van der Waals surface area contributed by atoms with Crippen LogP contribution in [0.4, 0.5) is 10.1 Å². The third-order valence-corrected chi connectivity index (χ3v) is 4.89. The van der Waals surface area contributed by atoms with Gasteiger partial charge in [0.2, 0.25) is 0 Å². The van der Waals surface area contributed by atoms with Crippen molar-refractivity contribution in [2.75, 3.05) is 5.32 Å². The first-order valence-corrected chi connectivity index (χ1v) is 7.59. The lowest BCUT2D eigenvalue weighted by atomic mass is 9.77. The number of para-hydroxylation sites is 1. The van der Waals surface area contributed by atoms with Crippen LogP contribution in [0.15, 0.2) is 54.6 Å². The molecule has 1 nitrogen and oxygen atoms in total. The summed E-state index contributed by atoms with van der Waals surface area (Å²) in [6.07, 6.45) is 5.55. The van der Waals surface area contributed by atoms with E-state index in [1.807, 2.05) is 24.3 Å². The Morgan fingerprint density at radius 3 is 2.71 bits per heavy atom. The molecule has 0 bridgehead atoms. The van der Waals surface area contributed by atoms with E-state index in [4.69, 9.17) is 11.6 Å². The van der Waals surface area contributed by atoms with Gasteiger partial charge in [0.1, 0.15) is 5.82 Å². The fourth-order valence-corrected chi connectivity index (χ4v) is 3.82. The number of hydrogen-bond donors (Lipinski definition) is 1. The summed E-state index contributed by atoms with van der Waals surface area (Å²) < 4.78 is 13.2. The minimum absolute atomic E-state index is 0.165. The van der Waals surface area contributed by atoms with Crippen LogP contribution in [-0.2, 0) is 0 Å². The summed E-state index contributed by atoms with van der Waals surface area (Å²) in [6.45, 7) is 0. The number of anilines is 1. The molecule has 4 rings (SSSR count). The van der Waals surface area contributed by atoms with Gasteiger partial charge in [0.05, 0.1) is 16.8 Å². The zero-order chi connectivity index (χ0) is 14.4. The molecule has 1 aliphatic heterocycles. The van der Waals surface area contributed by atoms with Gasteiger partial charge < -0.3 is 5.32 Å². The van der Waals surface area contributed by atoms with Gasteiger partial charge in [-0.2, -0.15) is 0 Å². The Balaban J connectivity index is 1.81. The lowest BCUT2D eigenvalue weighted by Gasteiger charge is -2.38. The molecule has 2 aromatic carbocycles. The highest BCUT2D eigenvalue weighted by molar-refractivity contribution is 6.33. The molecule has 21 heavy (non-hydrogen) atoms. The van der Waals surface area contributed by atoms with E-state index >= 15 is 0 Å². The quantitative estimate of drug-likeness (QED) is 0.704. The minimum Gasteiger partial charge on any atom is -0.376 e. The molecular formula is C18H15ClFN. The van der Waals surface area contributed by atoms with Crippen LogP contribution >= 0.6 is 11.6 Å². The van der Waals surface area contributed by atoms with E-state index in [2.05, 4.69) is 23.5 Å². The van der Waals surface area contributed by atoms with Gasteiger partial charge >= 0.3 is 0 Å². The number of nitrogens with one attached hydrogen (secondary N) is 1. The zero-order valence-electron chi connectivity index (χ0n) is 11.4. The van der Waals surface area contributed by atoms with Gasteiger partial charge in [-0.05, 0) is 41.7 Å². The molecule has 3 heteroatoms. The third kappa shape index (κ3) is 2.06. The average Bonchev–Trinajstić information content (AvgIpc) is 2.98. The second-order valence-electron chi connectivity index (χ2n) is 5.73. The van der Waals surface area contributed by atoms with Crippen molar-refractivity contribution in [2.45, 2.75) is 18.4 Å². The molecule has 106 valence electrons. The Bertz CT molecular complexity index is 708. The summed E-state index contributed by atoms with van der Waals surface area (Å²) in [5.41, 5.74) is 3.39. The molecular weight excluding hydrogens is 285 g/mol. The number of halogens is 2. The lowest BCUT2D eigenvalue weighted by Crippen LogP contribution is -2.29. The predicted octanol–water partition coefficient (Wildman–Crippen LogP) is 5.31. The molecule has 0 aromatic heterocycles. The molecule has 0 radical (unpaired) electrons. The van der Waals surface area contributed by atoms with Gasteiger partial charge in [0.25, 0.3) is 0 Å². The predicted molar refractivity (Wildman–Crippen MR) is 84.2 cm³/mol. The Morgan fingerprint density at radius 2 is 1.90 bits per heavy atom. The SMILES string of the molecule is Fc1ccc([C@@H]2Nc3c(Cl)cccc3[C@H]3C=CC[C@@H]32)cc1. The molecule has 1 heterocycles. The Morgan fingerprint density at radius 1 is 1.10 bits per heavy atom. The molecule has 1 aliphatic carbocycles. The van der Waals surface area contributed by atoms with E-state index in [1.54, 1.807) is 0 Å². The zero-order valence-corrected chi connectivity index (χ0v) is 12.1. The summed E-state index contributed by atoms with van der Waals surface area (Å²) in [5.74, 6) is 0.644. The van der Waals surface area contributed by atoms with Crippen molar-refractivity contribution >= 4 is 17.3 Å². The van der Waals surface area contributed by atoms with Crippen LogP contribution in [0.1, 0.15) is 29.5 Å². The van der Waals surface area contributed by atoms with Crippen LogP contribution in [0.25, 0.3) is 0 Å². The lowest BCUT2D eigenvalue weighted by molar-refractivity contribution is 0.425. The summed E-state index contributed by atoms with van der Waals surface area (Å²) in [6, 6.07) is 13.0. The maximum Gasteiger partial charge on any atom is 0.123 e. The van der Waals surface area contributed by atoms with Crippen molar-refractivity contribution in [2.24, 2.45) is 5.92 Å². The second kappa shape index (κ2) is 4.88. The number of rotatable bonds is 1. The second-order valence-corrected chi connectivity index (χ2v) is 6.14. The van der Waals surface area contributed by atoms with E-state index < -0.39 is 0 Å². The van der Waals surface area contributed by atoms with Crippen LogP contribution in [-0.4, -0.2) is 0 Å². The summed E-state index contributed by atoms with van der Waals surface area (Å²) in [7, 11) is 0. The van der Waals surface area contributed by atoms with Gasteiger partial charge in [-0.1, -0.05) is 48.0 Å². The van der Waals surface area contributed by atoms with Crippen LogP contribution in [0.2, 0.25) is 5.02 Å². The van der Waals surface area contributed by atoms with E-state index in [0.717, 1.165) is 22.7 Å². The van der Waals surface area contributed by atoms with Crippen molar-refractivity contribution in [1.82, 2.24) is 0 Å². The smallest absolute Gasteiger partial charge is 0.123 e. The number of benzene rings is 2. The number of fused-ring (bicyclic) bond motifs is 3. The topological polar surface area (TPSA) is 12.0 Å². The monoisotopic (exact) mass is 299 g/mol. The van der Waals surface area contributed by atoms with Crippen molar-refractivity contribution in [3.8, 4) is 0 Å². The molecule has 0 amide bonds. The first kappa shape index (κ1) is 12.9. The third-order valence-electron chi connectivity index (χ3n) is 4.58. The Kier molecular flexibility index (Phi) is 3.00. The number of hydrogen-bond acceptors (Lipinski definition) is 1. The summed E-state index contributed by atoms with van der Waals surface area (Å²) in [5, 5.41) is 4.33. The minimum atomic E-state index is -0.200. The molecule has 3 atom stereocenters. The standard InChI is InChI=1S/C18H15ClFN/c19-16-6-2-5-15-13-3-1-4-14(13)17(21-18(15)16)11-7-9-12(20)10-8-11/h1-3,5-10,13-14,17,21H,4H2/t13-,14-,17-/m0/s1. The normalized spacial score (nSPS) is 26.1. The highest BCUT2D eigenvalue weighted by Crippen LogP contribution is 2.51. The van der Waals surface area contributed by atoms with Gasteiger partial charge in [-0.15, -0.1) is 0 Å². The molecule has 2 aromatic rings. The van der Waals surface area contributed by atoms with E-state index in [-0.39, 0.29) is 11.9 Å². The van der Waals surface area contributed by atoms with E-state index in [0.29, 0.717) is 11.8 Å². The van der Waals surface area contributed by atoms with Crippen LogP contribution in [0, 0.1) is 11.7 Å². The fourth-order valence-electron chi connectivity index (χ4n) is 3.58. The Labute approximate surface area is 128 Å². The van der Waals surface area contributed by atoms with Gasteiger partial charge in [-0.3, -0.25) is 0 Å². The molecule has 0 fully saturated rings. The summed E-state index contributed by atoms with van der Waals surface area (Å²) >= 11 is 6.36. The van der Waals surface area contributed by atoms with Crippen LogP contribution < -0.4 is 5.32 Å². The average molecular weight is 300 g/mol. The van der Waals surface area contributed by atoms with Crippen LogP contribution in [0.3, 0.4) is 0 Å². The largest absolute Gasteiger partial charge is 0.376 e. The highest BCUT2D eigenvalue weighted by Gasteiger charge is 2.38. The fraction of sp³-hybridized carbons (Fsp3) is 0.222. The number of allylic oxidation sites excluding steroid dienone is 2. The first-order valence-electron chi connectivity index (χ1n) is 7.21. The summed E-state index contributed by atoms with van der Waals surface area (Å²) in [4.78, 5) is 0. The van der Waals surface area contributed by atoms with Crippen molar-refractivity contribution in [3.63, 3.8) is 0 Å². The molecule has 0 unspecified atom stereocenters. The molecule has 0 saturated carbocycles. The van der Waals surface area contributed by atoms with Crippen LogP contribution in [0.5, 0.6) is 0 Å². The van der Waals surface area contributed by atoms with Crippen molar-refractivity contribution in [1.29, 1.82) is 0 Å².